The van der Waals surface area contributed by atoms with Crippen molar-refractivity contribution in [1.29, 1.82) is 0 Å². The minimum Gasteiger partial charge on any atom is -0.396 e. The van der Waals surface area contributed by atoms with Crippen LogP contribution in [0, 0.1) is 0 Å². The maximum Gasteiger partial charge on any atom is 0.150 e. The van der Waals surface area contributed by atoms with Crippen LogP contribution in [-0.2, 0) is 13.0 Å². The predicted octanol–water partition coefficient (Wildman–Crippen LogP) is 1.48. The van der Waals surface area contributed by atoms with E-state index in [1.165, 1.54) is 0 Å². The van der Waals surface area contributed by atoms with Crippen molar-refractivity contribution in [2.75, 3.05) is 6.61 Å². The van der Waals surface area contributed by atoms with Crippen molar-refractivity contribution in [2.45, 2.75) is 26.3 Å². The molecule has 0 aliphatic heterocycles. The Balaban J connectivity index is 2.72. The van der Waals surface area contributed by atoms with Crippen molar-refractivity contribution in [3.63, 3.8) is 0 Å². The fourth-order valence-electron chi connectivity index (χ4n) is 1.15. The molecule has 1 N–H and O–H groups in total. The van der Waals surface area contributed by atoms with Gasteiger partial charge in [0.1, 0.15) is 5.15 Å². The summed E-state index contributed by atoms with van der Waals surface area (Å²) in [6.07, 6.45) is 3.27. The van der Waals surface area contributed by atoms with Crippen molar-refractivity contribution in [3.05, 3.63) is 17.2 Å². The van der Waals surface area contributed by atoms with E-state index in [1.807, 2.05) is 11.5 Å². The third-order valence-corrected chi connectivity index (χ3v) is 2.12. The van der Waals surface area contributed by atoms with Gasteiger partial charge in [-0.3, -0.25) is 0 Å². The van der Waals surface area contributed by atoms with E-state index in [2.05, 4.69) is 4.98 Å². The van der Waals surface area contributed by atoms with Crippen LogP contribution in [0.1, 0.15) is 19.0 Å². The quantitative estimate of drug-likeness (QED) is 0.778. The summed E-state index contributed by atoms with van der Waals surface area (Å²) >= 11 is 5.85. The number of aliphatic hydroxyl groups is 1. The third kappa shape index (κ3) is 1.99. The summed E-state index contributed by atoms with van der Waals surface area (Å²) in [6.45, 7) is 3.12. The van der Waals surface area contributed by atoms with E-state index in [-0.39, 0.29) is 6.61 Å². The van der Waals surface area contributed by atoms with Gasteiger partial charge in [0.05, 0.1) is 12.0 Å². The highest BCUT2D eigenvalue weighted by molar-refractivity contribution is 6.30. The Bertz CT molecular complexity index is 247. The highest BCUT2D eigenvalue weighted by Crippen LogP contribution is 2.15. The molecule has 3 nitrogen and oxygen atoms in total. The Morgan fingerprint density at radius 2 is 2.42 bits per heavy atom. The predicted molar refractivity (Wildman–Crippen MR) is 48.3 cm³/mol. The van der Waals surface area contributed by atoms with Crippen LogP contribution in [0.4, 0.5) is 0 Å². The lowest BCUT2D eigenvalue weighted by Crippen LogP contribution is -2.00. The van der Waals surface area contributed by atoms with Gasteiger partial charge in [-0.15, -0.1) is 0 Å². The average Bonchev–Trinajstić information content (AvgIpc) is 2.43. The van der Waals surface area contributed by atoms with Gasteiger partial charge >= 0.3 is 0 Å². The lowest BCUT2D eigenvalue weighted by molar-refractivity contribution is 0.287. The van der Waals surface area contributed by atoms with Crippen molar-refractivity contribution in [1.82, 2.24) is 9.55 Å². The van der Waals surface area contributed by atoms with Crippen LogP contribution >= 0.6 is 11.6 Å². The van der Waals surface area contributed by atoms with Gasteiger partial charge in [-0.25, -0.2) is 4.98 Å². The molecule has 0 aliphatic rings. The molecule has 0 unspecified atom stereocenters. The SMILES string of the molecule is CCn1cnc(Cl)c1CCCO. The highest BCUT2D eigenvalue weighted by atomic mass is 35.5. The first-order valence-corrected chi connectivity index (χ1v) is 4.47. The van der Waals surface area contributed by atoms with Crippen molar-refractivity contribution in [3.8, 4) is 0 Å². The molecule has 0 aromatic carbocycles. The van der Waals surface area contributed by atoms with E-state index in [0.29, 0.717) is 5.15 Å². The Morgan fingerprint density at radius 1 is 1.67 bits per heavy atom. The van der Waals surface area contributed by atoms with Gasteiger partial charge in [0.15, 0.2) is 0 Å². The molecule has 68 valence electrons. The number of nitrogens with zero attached hydrogens (tertiary/aromatic N) is 2. The zero-order valence-corrected chi connectivity index (χ0v) is 7.88. The van der Waals surface area contributed by atoms with Crippen molar-refractivity contribution < 1.29 is 5.11 Å². The summed E-state index contributed by atoms with van der Waals surface area (Å²) in [7, 11) is 0. The molecule has 0 saturated heterocycles. The van der Waals surface area contributed by atoms with Crippen LogP contribution in [0.5, 0.6) is 0 Å². The van der Waals surface area contributed by atoms with E-state index >= 15 is 0 Å². The van der Waals surface area contributed by atoms with Crippen LogP contribution in [0.2, 0.25) is 5.15 Å². The zero-order chi connectivity index (χ0) is 8.97. The van der Waals surface area contributed by atoms with E-state index in [4.69, 9.17) is 16.7 Å². The molecular weight excluding hydrogens is 176 g/mol. The Hall–Kier alpha value is -0.540. The molecule has 4 heteroatoms. The maximum atomic E-state index is 8.65. The summed E-state index contributed by atoms with van der Waals surface area (Å²) in [4.78, 5) is 3.99. The van der Waals surface area contributed by atoms with Gasteiger partial charge in [0, 0.05) is 13.2 Å². The number of imidazole rings is 1. The molecule has 0 amide bonds. The van der Waals surface area contributed by atoms with Gasteiger partial charge in [0.25, 0.3) is 0 Å². The molecule has 0 aliphatic carbocycles. The highest BCUT2D eigenvalue weighted by Gasteiger charge is 2.06. The average molecular weight is 189 g/mol. The maximum absolute atomic E-state index is 8.65. The van der Waals surface area contributed by atoms with Crippen LogP contribution in [0.3, 0.4) is 0 Å². The molecule has 0 bridgehead atoms. The molecular formula is C8H13ClN2O. The number of rotatable bonds is 4. The number of aliphatic hydroxyl groups excluding tert-OH is 1. The van der Waals surface area contributed by atoms with Crippen LogP contribution in [0.15, 0.2) is 6.33 Å². The first-order chi connectivity index (χ1) is 5.79. The Kier molecular flexibility index (Phi) is 3.56. The summed E-state index contributed by atoms with van der Waals surface area (Å²) in [6, 6.07) is 0. The smallest absolute Gasteiger partial charge is 0.150 e. The minimum atomic E-state index is 0.200. The van der Waals surface area contributed by atoms with E-state index in [1.54, 1.807) is 6.33 Å². The van der Waals surface area contributed by atoms with Crippen molar-refractivity contribution >= 4 is 11.6 Å². The van der Waals surface area contributed by atoms with Crippen molar-refractivity contribution in [2.24, 2.45) is 0 Å². The second-order valence-corrected chi connectivity index (χ2v) is 2.95. The Labute approximate surface area is 77.0 Å². The molecule has 1 aromatic rings. The third-order valence-electron chi connectivity index (χ3n) is 1.81. The number of hydrogen-bond acceptors (Lipinski definition) is 2. The van der Waals surface area contributed by atoms with E-state index < -0.39 is 0 Å². The van der Waals surface area contributed by atoms with Crippen LogP contribution in [-0.4, -0.2) is 21.3 Å². The summed E-state index contributed by atoms with van der Waals surface area (Å²) in [5.74, 6) is 0. The first kappa shape index (κ1) is 9.55. The number of aromatic nitrogens is 2. The largest absolute Gasteiger partial charge is 0.396 e. The molecule has 1 aromatic heterocycles. The topological polar surface area (TPSA) is 38.0 Å². The summed E-state index contributed by atoms with van der Waals surface area (Å²) in [5, 5.41) is 9.21. The lowest BCUT2D eigenvalue weighted by Gasteiger charge is -2.03. The van der Waals surface area contributed by atoms with Gasteiger partial charge in [0.2, 0.25) is 0 Å². The molecule has 0 spiro atoms. The standard InChI is InChI=1S/C8H13ClN2O/c1-2-11-6-10-8(9)7(11)4-3-5-12/h6,12H,2-5H2,1H3. The minimum absolute atomic E-state index is 0.200. The molecule has 0 radical (unpaired) electrons. The van der Waals surface area contributed by atoms with Gasteiger partial charge in [-0.05, 0) is 19.8 Å². The second kappa shape index (κ2) is 4.48. The van der Waals surface area contributed by atoms with Gasteiger partial charge in [-0.2, -0.15) is 0 Å². The molecule has 0 fully saturated rings. The Morgan fingerprint density at radius 3 is 3.00 bits per heavy atom. The lowest BCUT2D eigenvalue weighted by atomic mass is 10.2. The molecule has 1 rings (SSSR count). The number of halogens is 1. The fraction of sp³-hybridized carbons (Fsp3) is 0.625. The molecule has 0 saturated carbocycles. The fourth-order valence-corrected chi connectivity index (χ4v) is 1.40. The summed E-state index contributed by atoms with van der Waals surface area (Å²) in [5.41, 5.74) is 1.02. The first-order valence-electron chi connectivity index (χ1n) is 4.10. The molecule has 0 atom stereocenters. The molecule has 12 heavy (non-hydrogen) atoms. The van der Waals surface area contributed by atoms with Crippen LogP contribution in [0.25, 0.3) is 0 Å². The second-order valence-electron chi connectivity index (χ2n) is 2.60. The monoisotopic (exact) mass is 188 g/mol. The van der Waals surface area contributed by atoms with Gasteiger partial charge < -0.3 is 9.67 Å². The van der Waals surface area contributed by atoms with Crippen LogP contribution < -0.4 is 0 Å². The number of aryl methyl sites for hydroxylation is 1. The van der Waals surface area contributed by atoms with Gasteiger partial charge in [-0.1, -0.05) is 11.6 Å². The summed E-state index contributed by atoms with van der Waals surface area (Å²) < 4.78 is 2.00. The zero-order valence-electron chi connectivity index (χ0n) is 7.13. The normalized spacial score (nSPS) is 10.6. The molecule has 1 heterocycles. The number of hydrogen-bond donors (Lipinski definition) is 1. The van der Waals surface area contributed by atoms with E-state index in [9.17, 15) is 0 Å². The van der Waals surface area contributed by atoms with E-state index in [0.717, 1.165) is 25.1 Å².